The number of aryl methyl sites for hydroxylation is 1. The van der Waals surface area contributed by atoms with E-state index in [1.807, 2.05) is 31.5 Å². The van der Waals surface area contributed by atoms with Crippen LogP contribution < -0.4 is 5.73 Å². The van der Waals surface area contributed by atoms with E-state index >= 15 is 0 Å². The minimum Gasteiger partial charge on any atom is -0.395 e. The first-order chi connectivity index (χ1) is 8.49. The largest absolute Gasteiger partial charge is 0.395 e. The Morgan fingerprint density at radius 1 is 1.39 bits per heavy atom. The number of hydrogen-bond donors (Lipinski definition) is 1. The summed E-state index contributed by atoms with van der Waals surface area (Å²) in [6.07, 6.45) is 0. The van der Waals surface area contributed by atoms with Crippen LogP contribution in [0.2, 0.25) is 0 Å². The predicted octanol–water partition coefficient (Wildman–Crippen LogP) is 3.64. The van der Waals surface area contributed by atoms with Gasteiger partial charge in [-0.05, 0) is 39.0 Å². The van der Waals surface area contributed by atoms with Crippen molar-refractivity contribution in [1.82, 2.24) is 9.78 Å². The van der Waals surface area contributed by atoms with Crippen LogP contribution in [0, 0.1) is 12.7 Å². The Kier molecular flexibility index (Phi) is 3.61. The Bertz CT molecular complexity index is 563. The molecule has 0 bridgehead atoms. The number of nitrogen functional groups attached to an aromatic ring is 1. The summed E-state index contributed by atoms with van der Waals surface area (Å²) in [4.78, 5) is 0.823. The Morgan fingerprint density at radius 2 is 2.11 bits per heavy atom. The highest BCUT2D eigenvalue weighted by atomic mass is 32.2. The molecule has 0 aliphatic rings. The number of nitrogens with zero attached hydrogens (tertiary/aromatic N) is 2. The molecular weight excluding hydrogens is 249 g/mol. The van der Waals surface area contributed by atoms with Crippen molar-refractivity contribution in [2.24, 2.45) is 0 Å². The van der Waals surface area contributed by atoms with Crippen molar-refractivity contribution < 1.29 is 4.39 Å². The summed E-state index contributed by atoms with van der Waals surface area (Å²) < 4.78 is 15.0. The van der Waals surface area contributed by atoms with Crippen LogP contribution in [0.3, 0.4) is 0 Å². The van der Waals surface area contributed by atoms with Crippen molar-refractivity contribution in [3.8, 4) is 0 Å². The summed E-state index contributed by atoms with van der Waals surface area (Å²) >= 11 is 1.44. The molecule has 2 aromatic rings. The molecule has 1 heterocycles. The number of rotatable bonds is 3. The first-order valence-corrected chi connectivity index (χ1v) is 6.58. The van der Waals surface area contributed by atoms with Crippen LogP contribution in [0.15, 0.2) is 34.2 Å². The lowest BCUT2D eigenvalue weighted by molar-refractivity contribution is 0.491. The van der Waals surface area contributed by atoms with E-state index < -0.39 is 0 Å². The van der Waals surface area contributed by atoms with Crippen LogP contribution in [-0.4, -0.2) is 9.78 Å². The maximum absolute atomic E-state index is 13.2. The van der Waals surface area contributed by atoms with Crippen LogP contribution in [0.1, 0.15) is 25.6 Å². The molecule has 0 aliphatic carbocycles. The van der Waals surface area contributed by atoms with E-state index in [0.29, 0.717) is 5.69 Å². The van der Waals surface area contributed by atoms with Gasteiger partial charge in [0.05, 0.1) is 11.4 Å². The highest BCUT2D eigenvalue weighted by molar-refractivity contribution is 7.99. The van der Waals surface area contributed by atoms with Gasteiger partial charge in [-0.25, -0.2) is 4.39 Å². The normalized spacial score (nSPS) is 11.2. The average Bonchev–Trinajstić information content (AvgIpc) is 2.57. The molecule has 0 spiro atoms. The molecule has 0 saturated carbocycles. The third-order valence-corrected chi connectivity index (χ3v) is 3.68. The second-order valence-corrected chi connectivity index (χ2v) is 5.46. The summed E-state index contributed by atoms with van der Waals surface area (Å²) in [5, 5.41) is 5.27. The van der Waals surface area contributed by atoms with Crippen LogP contribution in [0.4, 0.5) is 10.1 Å². The fraction of sp³-hybridized carbons (Fsp3) is 0.308. The maximum Gasteiger partial charge on any atom is 0.124 e. The zero-order chi connectivity index (χ0) is 13.3. The monoisotopic (exact) mass is 265 g/mol. The molecule has 1 aromatic carbocycles. The number of aromatic nitrogens is 2. The molecule has 0 aliphatic heterocycles. The Labute approximate surface area is 110 Å². The van der Waals surface area contributed by atoms with Gasteiger partial charge in [-0.15, -0.1) is 0 Å². The van der Waals surface area contributed by atoms with Gasteiger partial charge >= 0.3 is 0 Å². The van der Waals surface area contributed by atoms with E-state index in [4.69, 9.17) is 5.73 Å². The zero-order valence-corrected chi connectivity index (χ0v) is 11.5. The van der Waals surface area contributed by atoms with Crippen molar-refractivity contribution in [2.75, 3.05) is 5.73 Å². The van der Waals surface area contributed by atoms with Gasteiger partial charge in [0.25, 0.3) is 0 Å². The first-order valence-electron chi connectivity index (χ1n) is 5.77. The molecule has 0 saturated heterocycles. The van der Waals surface area contributed by atoms with Gasteiger partial charge in [0.1, 0.15) is 10.8 Å². The molecular formula is C13H16FN3S. The minimum absolute atomic E-state index is 0.219. The van der Waals surface area contributed by atoms with E-state index in [2.05, 4.69) is 5.10 Å². The van der Waals surface area contributed by atoms with E-state index in [1.54, 1.807) is 6.07 Å². The van der Waals surface area contributed by atoms with Gasteiger partial charge < -0.3 is 5.73 Å². The smallest absolute Gasteiger partial charge is 0.124 e. The van der Waals surface area contributed by atoms with Gasteiger partial charge in [-0.1, -0.05) is 17.8 Å². The van der Waals surface area contributed by atoms with Gasteiger partial charge in [-0.3, -0.25) is 4.68 Å². The predicted molar refractivity (Wildman–Crippen MR) is 72.3 cm³/mol. The number of hydrogen-bond acceptors (Lipinski definition) is 3. The van der Waals surface area contributed by atoms with Crippen molar-refractivity contribution in [2.45, 2.75) is 36.7 Å². The molecule has 3 nitrogen and oxygen atoms in total. The molecule has 1 aromatic heterocycles. The first kappa shape index (κ1) is 13.0. The number of nitrogens with two attached hydrogens (primary N) is 1. The van der Waals surface area contributed by atoms with Crippen LogP contribution >= 0.6 is 11.8 Å². The zero-order valence-electron chi connectivity index (χ0n) is 10.6. The van der Waals surface area contributed by atoms with Crippen LogP contribution in [0.5, 0.6) is 0 Å². The lowest BCUT2D eigenvalue weighted by Gasteiger charge is -2.10. The lowest BCUT2D eigenvalue weighted by Crippen LogP contribution is -2.04. The standard InChI is InChI=1S/C13H16FN3S/c1-8(2)17-13(12(15)9(3)16-17)18-11-6-4-5-10(14)7-11/h4-8H,15H2,1-3H3. The van der Waals surface area contributed by atoms with E-state index in [0.717, 1.165) is 15.6 Å². The van der Waals surface area contributed by atoms with Crippen molar-refractivity contribution in [1.29, 1.82) is 0 Å². The summed E-state index contributed by atoms with van der Waals surface area (Å²) in [5.74, 6) is -0.245. The molecule has 96 valence electrons. The molecule has 2 N–H and O–H groups in total. The second kappa shape index (κ2) is 5.02. The van der Waals surface area contributed by atoms with Crippen molar-refractivity contribution in [3.05, 3.63) is 35.8 Å². The van der Waals surface area contributed by atoms with Crippen molar-refractivity contribution >= 4 is 17.4 Å². The third kappa shape index (κ3) is 2.51. The highest BCUT2D eigenvalue weighted by Gasteiger charge is 2.16. The fourth-order valence-electron chi connectivity index (χ4n) is 1.63. The summed E-state index contributed by atoms with van der Waals surface area (Å²) in [5.41, 5.74) is 7.50. The van der Waals surface area contributed by atoms with Gasteiger partial charge in [0, 0.05) is 10.9 Å². The van der Waals surface area contributed by atoms with Gasteiger partial charge in [-0.2, -0.15) is 5.10 Å². The van der Waals surface area contributed by atoms with E-state index in [1.165, 1.54) is 23.9 Å². The van der Waals surface area contributed by atoms with Crippen LogP contribution in [-0.2, 0) is 0 Å². The number of halogens is 1. The van der Waals surface area contributed by atoms with Gasteiger partial charge in [0.2, 0.25) is 0 Å². The molecule has 5 heteroatoms. The summed E-state index contributed by atoms with van der Waals surface area (Å²) in [6.45, 7) is 5.97. The Hall–Kier alpha value is -1.49. The molecule has 2 rings (SSSR count). The van der Waals surface area contributed by atoms with Gasteiger partial charge in [0.15, 0.2) is 0 Å². The summed E-state index contributed by atoms with van der Waals surface area (Å²) in [6, 6.07) is 6.70. The lowest BCUT2D eigenvalue weighted by atomic mass is 10.3. The SMILES string of the molecule is Cc1nn(C(C)C)c(Sc2cccc(F)c2)c1N. The Morgan fingerprint density at radius 3 is 2.72 bits per heavy atom. The minimum atomic E-state index is -0.245. The third-order valence-electron chi connectivity index (χ3n) is 2.59. The topological polar surface area (TPSA) is 43.8 Å². The highest BCUT2D eigenvalue weighted by Crippen LogP contribution is 2.35. The van der Waals surface area contributed by atoms with Crippen molar-refractivity contribution in [3.63, 3.8) is 0 Å². The van der Waals surface area contributed by atoms with E-state index in [-0.39, 0.29) is 11.9 Å². The molecule has 0 unspecified atom stereocenters. The Balaban J connectivity index is 2.39. The fourth-order valence-corrected chi connectivity index (χ4v) is 2.78. The molecule has 0 amide bonds. The van der Waals surface area contributed by atoms with E-state index in [9.17, 15) is 4.39 Å². The quantitative estimate of drug-likeness (QED) is 0.921. The molecule has 0 atom stereocenters. The maximum atomic E-state index is 13.2. The molecule has 0 fully saturated rings. The van der Waals surface area contributed by atoms with Crippen LogP contribution in [0.25, 0.3) is 0 Å². The second-order valence-electron chi connectivity index (χ2n) is 4.40. The summed E-state index contributed by atoms with van der Waals surface area (Å²) in [7, 11) is 0. The molecule has 18 heavy (non-hydrogen) atoms. The molecule has 0 radical (unpaired) electrons. The average molecular weight is 265 g/mol. The number of anilines is 1. The number of benzene rings is 1.